The molecule has 0 aliphatic carbocycles. The Bertz CT molecular complexity index is 1290. The minimum Gasteiger partial charge on any atom is -0.494 e. The first-order valence-electron chi connectivity index (χ1n) is 9.85. The van der Waals surface area contributed by atoms with Gasteiger partial charge in [0, 0.05) is 5.56 Å². The number of thiophene rings is 1. The molecule has 0 saturated carbocycles. The number of nitrogens with one attached hydrogen (secondary N) is 1. The van der Waals surface area contributed by atoms with Crippen LogP contribution in [-0.2, 0) is 0 Å². The molecule has 0 bridgehead atoms. The quantitative estimate of drug-likeness (QED) is 0.284. The van der Waals surface area contributed by atoms with Crippen molar-refractivity contribution in [3.63, 3.8) is 0 Å². The van der Waals surface area contributed by atoms with Crippen LogP contribution in [0.1, 0.15) is 35.6 Å². The molecule has 13 heteroatoms. The average Bonchev–Trinajstić information content (AvgIpc) is 3.55. The normalized spacial score (nSPS) is 11.5. The molecular weight excluding hydrogens is 468 g/mol. The number of ether oxygens (including phenoxy) is 1. The first-order valence-corrected chi connectivity index (χ1v) is 11.0. The van der Waals surface area contributed by atoms with E-state index in [4.69, 9.17) is 22.1 Å². The molecule has 3 heterocycles. The van der Waals surface area contributed by atoms with Gasteiger partial charge in [-0.05, 0) is 60.1 Å². The second kappa shape index (κ2) is 9.79. The maximum absolute atomic E-state index is 13.0. The van der Waals surface area contributed by atoms with Gasteiger partial charge in [0.25, 0.3) is 5.91 Å². The molecule has 0 aliphatic heterocycles. The maximum Gasteiger partial charge on any atom is 0.294 e. The number of halogens is 1. The van der Waals surface area contributed by atoms with E-state index in [1.807, 2.05) is 13.0 Å². The van der Waals surface area contributed by atoms with Crippen molar-refractivity contribution in [3.05, 3.63) is 51.3 Å². The number of carbonyl (C=O) groups excluding carboxylic acids is 1. The standard InChI is InChI=1S/C20H19ClN8O3S/c1-3-10-31-13-6-4-12(5-7-13)17-16(24-28-29(17)19-18(22)26-32-27-19)20(30)25-23-11(2)14-8-9-15(21)33-14/h4-9H,3,10H2,1-2H3,(H2,22,26)(H,25,30). The zero-order chi connectivity index (χ0) is 23.4. The zero-order valence-corrected chi connectivity index (χ0v) is 19.2. The van der Waals surface area contributed by atoms with Gasteiger partial charge >= 0.3 is 0 Å². The Balaban J connectivity index is 1.69. The number of hydrogen-bond acceptors (Lipinski definition) is 10. The summed E-state index contributed by atoms with van der Waals surface area (Å²) in [5.74, 6) is 0.234. The van der Waals surface area contributed by atoms with E-state index in [0.29, 0.717) is 33.7 Å². The Morgan fingerprint density at radius 3 is 2.70 bits per heavy atom. The number of anilines is 1. The molecule has 1 aromatic carbocycles. The molecular formula is C20H19ClN8O3S. The number of nitrogens with two attached hydrogens (primary N) is 1. The smallest absolute Gasteiger partial charge is 0.294 e. The molecule has 170 valence electrons. The van der Waals surface area contributed by atoms with Crippen LogP contribution in [0.4, 0.5) is 5.82 Å². The van der Waals surface area contributed by atoms with E-state index in [1.54, 1.807) is 37.3 Å². The summed E-state index contributed by atoms with van der Waals surface area (Å²) >= 11 is 7.33. The van der Waals surface area contributed by atoms with E-state index >= 15 is 0 Å². The van der Waals surface area contributed by atoms with E-state index in [2.05, 4.69) is 35.8 Å². The third kappa shape index (κ3) is 4.86. The van der Waals surface area contributed by atoms with Crippen molar-refractivity contribution in [2.75, 3.05) is 12.3 Å². The Hall–Kier alpha value is -3.77. The van der Waals surface area contributed by atoms with Gasteiger partial charge in [0.2, 0.25) is 11.6 Å². The van der Waals surface area contributed by atoms with Crippen molar-refractivity contribution in [2.45, 2.75) is 20.3 Å². The number of nitrogens with zero attached hydrogens (tertiary/aromatic N) is 6. The van der Waals surface area contributed by atoms with Crippen molar-refractivity contribution in [1.82, 2.24) is 30.7 Å². The fourth-order valence-electron chi connectivity index (χ4n) is 2.86. The van der Waals surface area contributed by atoms with Crippen LogP contribution in [0, 0.1) is 0 Å². The highest BCUT2D eigenvalue weighted by Gasteiger charge is 2.25. The third-order valence-corrected chi connectivity index (χ3v) is 5.78. The minimum absolute atomic E-state index is 0.000512. The fraction of sp³-hybridized carbons (Fsp3) is 0.200. The fourth-order valence-corrected chi connectivity index (χ4v) is 3.85. The summed E-state index contributed by atoms with van der Waals surface area (Å²) in [4.78, 5) is 13.8. The van der Waals surface area contributed by atoms with Crippen LogP contribution in [0.15, 0.2) is 46.1 Å². The SMILES string of the molecule is CCCOc1ccc(-c2c(C(=O)NN=C(C)c3ccc(Cl)s3)nnn2-c2nonc2N)cc1. The predicted molar refractivity (Wildman–Crippen MR) is 124 cm³/mol. The molecule has 4 rings (SSSR count). The van der Waals surface area contributed by atoms with Gasteiger partial charge in [-0.25, -0.2) is 10.1 Å². The van der Waals surface area contributed by atoms with E-state index in [9.17, 15) is 4.79 Å². The number of nitrogen functional groups attached to an aromatic ring is 1. The van der Waals surface area contributed by atoms with E-state index in [0.717, 1.165) is 11.3 Å². The average molecular weight is 487 g/mol. The lowest BCUT2D eigenvalue weighted by Gasteiger charge is -2.08. The molecule has 0 radical (unpaired) electrons. The highest BCUT2D eigenvalue weighted by molar-refractivity contribution is 7.18. The van der Waals surface area contributed by atoms with Gasteiger partial charge in [-0.15, -0.1) is 16.4 Å². The van der Waals surface area contributed by atoms with E-state index < -0.39 is 5.91 Å². The molecule has 3 N–H and O–H groups in total. The van der Waals surface area contributed by atoms with E-state index in [-0.39, 0.29) is 17.3 Å². The summed E-state index contributed by atoms with van der Waals surface area (Å²) in [7, 11) is 0. The molecule has 11 nitrogen and oxygen atoms in total. The van der Waals surface area contributed by atoms with Crippen LogP contribution in [0.2, 0.25) is 4.34 Å². The van der Waals surface area contributed by atoms with Gasteiger partial charge in [-0.2, -0.15) is 9.78 Å². The van der Waals surface area contributed by atoms with Gasteiger partial charge in [0.1, 0.15) is 11.4 Å². The maximum atomic E-state index is 13.0. The van der Waals surface area contributed by atoms with Gasteiger partial charge in [0.05, 0.1) is 21.5 Å². The Labute approximate surface area is 197 Å². The Morgan fingerprint density at radius 2 is 2.06 bits per heavy atom. The molecule has 33 heavy (non-hydrogen) atoms. The number of amides is 1. The minimum atomic E-state index is -0.570. The highest BCUT2D eigenvalue weighted by Crippen LogP contribution is 2.28. The summed E-state index contributed by atoms with van der Waals surface area (Å²) in [6.07, 6.45) is 0.888. The van der Waals surface area contributed by atoms with Crippen molar-refractivity contribution in [2.24, 2.45) is 5.10 Å². The number of benzene rings is 1. The lowest BCUT2D eigenvalue weighted by atomic mass is 10.1. The molecule has 3 aromatic heterocycles. The predicted octanol–water partition coefficient (Wildman–Crippen LogP) is 3.56. The summed E-state index contributed by atoms with van der Waals surface area (Å²) in [5, 5.41) is 19.6. The molecule has 0 unspecified atom stereocenters. The van der Waals surface area contributed by atoms with Crippen LogP contribution in [0.25, 0.3) is 17.1 Å². The topological polar surface area (TPSA) is 146 Å². The monoisotopic (exact) mass is 486 g/mol. The lowest BCUT2D eigenvalue weighted by Crippen LogP contribution is -2.20. The summed E-state index contributed by atoms with van der Waals surface area (Å²) in [6.45, 7) is 4.38. The molecule has 0 fully saturated rings. The number of rotatable bonds is 8. The van der Waals surface area contributed by atoms with Crippen molar-refractivity contribution < 1.29 is 14.2 Å². The Kier molecular flexibility index (Phi) is 6.66. The summed E-state index contributed by atoms with van der Waals surface area (Å²) in [5.41, 5.74) is 9.92. The molecule has 0 aliphatic rings. The molecule has 4 aromatic rings. The second-order valence-corrected chi connectivity index (χ2v) is 8.50. The first kappa shape index (κ1) is 22.4. The van der Waals surface area contributed by atoms with Gasteiger partial charge in [-0.1, -0.05) is 23.7 Å². The van der Waals surface area contributed by atoms with Crippen LogP contribution < -0.4 is 15.9 Å². The van der Waals surface area contributed by atoms with Crippen LogP contribution in [0.5, 0.6) is 5.75 Å². The highest BCUT2D eigenvalue weighted by atomic mass is 35.5. The largest absolute Gasteiger partial charge is 0.494 e. The molecule has 0 saturated heterocycles. The van der Waals surface area contributed by atoms with Gasteiger partial charge < -0.3 is 10.5 Å². The number of hydrazone groups is 1. The number of carbonyl (C=O) groups is 1. The van der Waals surface area contributed by atoms with Crippen LogP contribution >= 0.6 is 22.9 Å². The Morgan fingerprint density at radius 1 is 1.27 bits per heavy atom. The molecule has 0 spiro atoms. The van der Waals surface area contributed by atoms with Gasteiger partial charge in [0.15, 0.2) is 5.69 Å². The first-order chi connectivity index (χ1) is 16.0. The van der Waals surface area contributed by atoms with E-state index in [1.165, 1.54) is 16.0 Å². The number of hydrogen-bond donors (Lipinski definition) is 2. The van der Waals surface area contributed by atoms with Crippen LogP contribution in [-0.4, -0.2) is 43.5 Å². The lowest BCUT2D eigenvalue weighted by molar-refractivity contribution is 0.0950. The second-order valence-electron chi connectivity index (χ2n) is 6.79. The van der Waals surface area contributed by atoms with Crippen molar-refractivity contribution in [1.29, 1.82) is 0 Å². The third-order valence-electron chi connectivity index (χ3n) is 4.44. The van der Waals surface area contributed by atoms with Crippen molar-refractivity contribution >= 4 is 40.4 Å². The van der Waals surface area contributed by atoms with Crippen molar-refractivity contribution in [3.8, 4) is 22.8 Å². The molecule has 1 amide bonds. The summed E-state index contributed by atoms with van der Waals surface area (Å²) < 4.78 is 12.2. The number of aromatic nitrogens is 5. The van der Waals surface area contributed by atoms with Gasteiger partial charge in [-0.3, -0.25) is 4.79 Å². The summed E-state index contributed by atoms with van der Waals surface area (Å²) in [6, 6.07) is 10.7. The van der Waals surface area contributed by atoms with Crippen LogP contribution in [0.3, 0.4) is 0 Å². The zero-order valence-electron chi connectivity index (χ0n) is 17.6. The molecule has 0 atom stereocenters.